The molecule has 0 saturated heterocycles. The van der Waals surface area contributed by atoms with Crippen molar-refractivity contribution in [3.8, 4) is 17.6 Å². The fourth-order valence-electron chi connectivity index (χ4n) is 1.84. The number of hydrogen-bond donors (Lipinski definition) is 1. The minimum atomic E-state index is -0.237. The van der Waals surface area contributed by atoms with Crippen LogP contribution in [0.2, 0.25) is 0 Å². The van der Waals surface area contributed by atoms with Gasteiger partial charge in [-0.15, -0.1) is 0 Å². The Morgan fingerprint density at radius 1 is 1.11 bits per heavy atom. The number of fused-ring (bicyclic) bond motifs is 2. The lowest BCUT2D eigenvalue weighted by Crippen LogP contribution is -2.10. The number of ether oxygens (including phenoxy) is 1. The highest BCUT2D eigenvalue weighted by Gasteiger charge is 2.20. The first-order valence-electron chi connectivity index (χ1n) is 5.40. The molecule has 0 radical (unpaired) electrons. The number of carbonyl (C=O) groups excluding carboxylic acids is 1. The number of anilines is 1. The molecule has 0 saturated carbocycles. The zero-order valence-corrected chi connectivity index (χ0v) is 9.31. The van der Waals surface area contributed by atoms with Crippen molar-refractivity contribution in [1.82, 2.24) is 0 Å². The number of nitrogens with one attached hydrogen (secondary N) is 1. The van der Waals surface area contributed by atoms with Gasteiger partial charge in [-0.3, -0.25) is 4.79 Å². The average molecular weight is 236 g/mol. The first-order chi connectivity index (χ1) is 8.78. The maximum atomic E-state index is 12.0. The highest BCUT2D eigenvalue weighted by molar-refractivity contribution is 6.08. The summed E-state index contributed by atoms with van der Waals surface area (Å²) in [5.41, 5.74) is 1.46. The molecule has 1 heterocycles. The van der Waals surface area contributed by atoms with Crippen LogP contribution in [0.15, 0.2) is 42.5 Å². The molecule has 0 fully saturated rings. The predicted molar refractivity (Wildman–Crippen MR) is 65.6 cm³/mol. The predicted octanol–water partition coefficient (Wildman–Crippen LogP) is 2.92. The monoisotopic (exact) mass is 236 g/mol. The van der Waals surface area contributed by atoms with E-state index in [1.807, 2.05) is 6.07 Å². The average Bonchev–Trinajstić information content (AvgIpc) is 2.54. The van der Waals surface area contributed by atoms with Crippen LogP contribution in [-0.4, -0.2) is 5.91 Å². The van der Waals surface area contributed by atoms with Crippen molar-refractivity contribution in [3.05, 3.63) is 53.6 Å². The summed E-state index contributed by atoms with van der Waals surface area (Å²) in [6.07, 6.45) is 0. The van der Waals surface area contributed by atoms with E-state index in [-0.39, 0.29) is 5.91 Å². The van der Waals surface area contributed by atoms with E-state index in [0.29, 0.717) is 28.3 Å². The summed E-state index contributed by atoms with van der Waals surface area (Å²) in [6, 6.07) is 14.0. The van der Waals surface area contributed by atoms with Crippen LogP contribution in [0.25, 0.3) is 0 Å². The summed E-state index contributed by atoms with van der Waals surface area (Å²) < 4.78 is 5.68. The van der Waals surface area contributed by atoms with Gasteiger partial charge in [-0.2, -0.15) is 5.26 Å². The van der Waals surface area contributed by atoms with Gasteiger partial charge in [0.2, 0.25) is 0 Å². The highest BCUT2D eigenvalue weighted by Crippen LogP contribution is 2.35. The van der Waals surface area contributed by atoms with Gasteiger partial charge in [0.05, 0.1) is 22.9 Å². The van der Waals surface area contributed by atoms with Crippen LogP contribution in [-0.2, 0) is 0 Å². The van der Waals surface area contributed by atoms with Gasteiger partial charge in [-0.1, -0.05) is 12.1 Å². The van der Waals surface area contributed by atoms with E-state index in [1.54, 1.807) is 42.5 Å². The number of nitrogens with zero attached hydrogens (tertiary/aromatic N) is 1. The van der Waals surface area contributed by atoms with Gasteiger partial charge in [-0.05, 0) is 30.3 Å². The van der Waals surface area contributed by atoms with Crippen molar-refractivity contribution in [1.29, 1.82) is 5.26 Å². The topological polar surface area (TPSA) is 62.1 Å². The first-order valence-corrected chi connectivity index (χ1v) is 5.40. The number of rotatable bonds is 0. The van der Waals surface area contributed by atoms with Crippen LogP contribution in [0.1, 0.15) is 15.9 Å². The number of nitriles is 1. The summed E-state index contributed by atoms with van der Waals surface area (Å²) in [4.78, 5) is 12.0. The maximum Gasteiger partial charge on any atom is 0.259 e. The second kappa shape index (κ2) is 3.90. The van der Waals surface area contributed by atoms with Crippen LogP contribution in [0.4, 0.5) is 5.69 Å². The van der Waals surface area contributed by atoms with Crippen molar-refractivity contribution >= 4 is 11.6 Å². The second-order valence-electron chi connectivity index (χ2n) is 3.88. The molecule has 4 heteroatoms. The molecule has 2 aromatic rings. The Bertz CT molecular complexity index is 686. The summed E-state index contributed by atoms with van der Waals surface area (Å²) in [6.45, 7) is 0. The van der Waals surface area contributed by atoms with E-state index in [2.05, 4.69) is 5.32 Å². The Morgan fingerprint density at radius 3 is 2.78 bits per heavy atom. The second-order valence-corrected chi connectivity index (χ2v) is 3.88. The van der Waals surface area contributed by atoms with E-state index in [9.17, 15) is 4.79 Å². The molecule has 86 valence electrons. The lowest BCUT2D eigenvalue weighted by Gasteiger charge is -2.07. The molecule has 1 aliphatic heterocycles. The standard InChI is InChI=1S/C14H8N2O2/c15-8-9-5-6-13-11(7-9)16-14(17)10-3-1-2-4-12(10)18-13/h1-7H,(H,16,17). The molecule has 18 heavy (non-hydrogen) atoms. The number of carbonyl (C=O) groups is 1. The molecule has 0 aromatic heterocycles. The molecule has 2 aromatic carbocycles. The van der Waals surface area contributed by atoms with Crippen LogP contribution in [0.5, 0.6) is 11.5 Å². The summed E-state index contributed by atoms with van der Waals surface area (Å²) in [7, 11) is 0. The lowest BCUT2D eigenvalue weighted by molar-refractivity contribution is 0.102. The van der Waals surface area contributed by atoms with Gasteiger partial charge in [0.15, 0.2) is 5.75 Å². The molecular weight excluding hydrogens is 228 g/mol. The molecule has 0 atom stereocenters. The zero-order valence-electron chi connectivity index (χ0n) is 9.31. The van der Waals surface area contributed by atoms with E-state index >= 15 is 0 Å². The van der Waals surface area contributed by atoms with E-state index in [0.717, 1.165) is 0 Å². The van der Waals surface area contributed by atoms with Crippen LogP contribution >= 0.6 is 0 Å². The third kappa shape index (κ3) is 1.59. The van der Waals surface area contributed by atoms with Crippen LogP contribution < -0.4 is 10.1 Å². The van der Waals surface area contributed by atoms with Crippen molar-refractivity contribution in [2.75, 3.05) is 5.32 Å². The summed E-state index contributed by atoms with van der Waals surface area (Å²) >= 11 is 0. The van der Waals surface area contributed by atoms with Crippen molar-refractivity contribution in [2.45, 2.75) is 0 Å². The van der Waals surface area contributed by atoms with E-state index in [1.165, 1.54) is 0 Å². The number of hydrogen-bond acceptors (Lipinski definition) is 3. The largest absolute Gasteiger partial charge is 0.454 e. The molecule has 1 N–H and O–H groups in total. The molecule has 4 nitrogen and oxygen atoms in total. The third-order valence-corrected chi connectivity index (χ3v) is 2.71. The number of para-hydroxylation sites is 1. The molecule has 3 rings (SSSR count). The van der Waals surface area contributed by atoms with Gasteiger partial charge < -0.3 is 10.1 Å². The number of benzene rings is 2. The number of amides is 1. The molecule has 0 spiro atoms. The molecular formula is C14H8N2O2. The van der Waals surface area contributed by atoms with Crippen molar-refractivity contribution in [3.63, 3.8) is 0 Å². The maximum absolute atomic E-state index is 12.0. The van der Waals surface area contributed by atoms with Crippen molar-refractivity contribution < 1.29 is 9.53 Å². The minimum Gasteiger partial charge on any atom is -0.454 e. The van der Waals surface area contributed by atoms with E-state index < -0.39 is 0 Å². The van der Waals surface area contributed by atoms with Gasteiger partial charge in [0, 0.05) is 0 Å². The Morgan fingerprint density at radius 2 is 1.94 bits per heavy atom. The van der Waals surface area contributed by atoms with Gasteiger partial charge in [-0.25, -0.2) is 0 Å². The normalized spacial score (nSPS) is 12.3. The SMILES string of the molecule is N#Cc1ccc2c(c1)NC(=O)c1ccccc1O2. The van der Waals surface area contributed by atoms with Gasteiger partial charge in [0.1, 0.15) is 5.75 Å². The highest BCUT2D eigenvalue weighted by atomic mass is 16.5. The Balaban J connectivity index is 2.15. The molecule has 1 aliphatic rings. The van der Waals surface area contributed by atoms with E-state index in [4.69, 9.17) is 10.00 Å². The van der Waals surface area contributed by atoms with Crippen LogP contribution in [0, 0.1) is 11.3 Å². The minimum absolute atomic E-state index is 0.237. The molecule has 0 aliphatic carbocycles. The van der Waals surface area contributed by atoms with Gasteiger partial charge in [0.25, 0.3) is 5.91 Å². The first kappa shape index (κ1) is 10.4. The van der Waals surface area contributed by atoms with Crippen molar-refractivity contribution in [2.24, 2.45) is 0 Å². The lowest BCUT2D eigenvalue weighted by atomic mass is 10.2. The smallest absolute Gasteiger partial charge is 0.259 e. The summed E-state index contributed by atoms with van der Waals surface area (Å²) in [5, 5.41) is 11.6. The zero-order chi connectivity index (χ0) is 12.5. The molecule has 1 amide bonds. The summed E-state index contributed by atoms with van der Waals surface area (Å²) in [5.74, 6) is 0.810. The quantitative estimate of drug-likeness (QED) is 0.764. The Hall–Kier alpha value is -2.80. The fourth-order valence-corrected chi connectivity index (χ4v) is 1.84. The molecule has 0 bridgehead atoms. The third-order valence-electron chi connectivity index (χ3n) is 2.71. The Labute approximate surface area is 103 Å². The Kier molecular flexibility index (Phi) is 2.24. The fraction of sp³-hybridized carbons (Fsp3) is 0. The van der Waals surface area contributed by atoms with Gasteiger partial charge >= 0.3 is 0 Å². The van der Waals surface area contributed by atoms with Crippen LogP contribution in [0.3, 0.4) is 0 Å². The molecule has 0 unspecified atom stereocenters.